The molecule has 0 N–H and O–H groups in total. The van der Waals surface area contributed by atoms with E-state index in [1.807, 2.05) is 6.07 Å². The predicted molar refractivity (Wildman–Crippen MR) is 260 cm³/mol. The quantitative estimate of drug-likeness (QED) is 0.174. The number of para-hydroxylation sites is 2. The molecular weight excluding hydrogens is 753 g/mol. The van der Waals surface area contributed by atoms with E-state index in [0.29, 0.717) is 5.82 Å². The van der Waals surface area contributed by atoms with Crippen LogP contribution in [-0.4, -0.2) is 19.1 Å². The Balaban J connectivity index is 1.08. The molecule has 13 aromatic rings. The highest BCUT2D eigenvalue weighted by atomic mass is 15.0. The molecule has 0 unspecified atom stereocenters. The Labute approximate surface area is 357 Å². The van der Waals surface area contributed by atoms with Gasteiger partial charge < -0.3 is 9.13 Å². The van der Waals surface area contributed by atoms with Crippen molar-refractivity contribution in [2.45, 2.75) is 0 Å². The monoisotopic (exact) mass is 788 g/mol. The first-order valence-corrected chi connectivity index (χ1v) is 21.2. The maximum absolute atomic E-state index is 5.30. The zero-order valence-electron chi connectivity index (χ0n) is 33.6. The number of aromatic nitrogens is 4. The molecule has 4 heteroatoms. The lowest BCUT2D eigenvalue weighted by molar-refractivity contribution is 1.17. The molecule has 13 rings (SSSR count). The molecule has 0 fully saturated rings. The van der Waals surface area contributed by atoms with Gasteiger partial charge in [-0.25, -0.2) is 9.97 Å². The number of hydrogen-bond acceptors (Lipinski definition) is 2. The van der Waals surface area contributed by atoms with Crippen LogP contribution in [0.1, 0.15) is 0 Å². The van der Waals surface area contributed by atoms with Crippen LogP contribution in [0.25, 0.3) is 121 Å². The lowest BCUT2D eigenvalue weighted by Gasteiger charge is -2.15. The maximum Gasteiger partial charge on any atom is 0.161 e. The van der Waals surface area contributed by atoms with Crippen LogP contribution in [0.2, 0.25) is 0 Å². The Bertz CT molecular complexity index is 3900. The molecule has 3 aromatic heterocycles. The summed E-state index contributed by atoms with van der Waals surface area (Å²) in [5, 5.41) is 10.7. The second-order valence-corrected chi connectivity index (χ2v) is 16.1. The summed E-state index contributed by atoms with van der Waals surface area (Å²) in [4.78, 5) is 10.5. The molecule has 0 radical (unpaired) electrons. The maximum atomic E-state index is 5.30. The second-order valence-electron chi connectivity index (χ2n) is 16.1. The molecule has 0 saturated carbocycles. The molecule has 10 aromatic carbocycles. The molecule has 0 aliphatic rings. The third-order valence-electron chi connectivity index (χ3n) is 12.7. The van der Waals surface area contributed by atoms with Gasteiger partial charge in [0.25, 0.3) is 0 Å². The van der Waals surface area contributed by atoms with E-state index in [0.717, 1.165) is 60.9 Å². The fourth-order valence-corrected chi connectivity index (χ4v) is 9.91. The van der Waals surface area contributed by atoms with E-state index in [1.54, 1.807) is 0 Å². The van der Waals surface area contributed by atoms with Crippen LogP contribution in [-0.2, 0) is 0 Å². The molecule has 0 aliphatic carbocycles. The molecule has 0 saturated heterocycles. The van der Waals surface area contributed by atoms with Gasteiger partial charge in [-0.05, 0) is 81.9 Å². The minimum absolute atomic E-state index is 0.712. The van der Waals surface area contributed by atoms with Crippen molar-refractivity contribution in [1.82, 2.24) is 19.1 Å². The largest absolute Gasteiger partial charge is 0.309 e. The first kappa shape index (κ1) is 34.5. The third kappa shape index (κ3) is 5.20. The van der Waals surface area contributed by atoms with Crippen molar-refractivity contribution >= 4 is 76.1 Å². The highest BCUT2D eigenvalue weighted by molar-refractivity contribution is 6.25. The van der Waals surface area contributed by atoms with Crippen LogP contribution in [0.3, 0.4) is 0 Å². The van der Waals surface area contributed by atoms with Gasteiger partial charge >= 0.3 is 0 Å². The van der Waals surface area contributed by atoms with Crippen LogP contribution in [0.4, 0.5) is 0 Å². The van der Waals surface area contributed by atoms with Crippen LogP contribution in [0.15, 0.2) is 218 Å². The molecule has 0 atom stereocenters. The Kier molecular flexibility index (Phi) is 7.57. The van der Waals surface area contributed by atoms with Crippen molar-refractivity contribution in [3.8, 4) is 45.1 Å². The van der Waals surface area contributed by atoms with Crippen molar-refractivity contribution in [2.24, 2.45) is 0 Å². The molecule has 3 heterocycles. The van der Waals surface area contributed by atoms with Gasteiger partial charge in [0.2, 0.25) is 0 Å². The molecule has 0 aliphatic heterocycles. The highest BCUT2D eigenvalue weighted by Gasteiger charge is 2.22. The Morgan fingerprint density at radius 2 is 0.952 bits per heavy atom. The van der Waals surface area contributed by atoms with Crippen molar-refractivity contribution in [1.29, 1.82) is 0 Å². The van der Waals surface area contributed by atoms with Crippen molar-refractivity contribution in [3.63, 3.8) is 0 Å². The number of nitrogens with zero attached hydrogens (tertiary/aromatic N) is 4. The summed E-state index contributed by atoms with van der Waals surface area (Å²) in [5.41, 5.74) is 13.2. The first-order valence-electron chi connectivity index (χ1n) is 21.2. The average molecular weight is 789 g/mol. The number of hydrogen-bond donors (Lipinski definition) is 0. The van der Waals surface area contributed by atoms with Gasteiger partial charge in [0.05, 0.1) is 39.0 Å². The van der Waals surface area contributed by atoms with Crippen molar-refractivity contribution < 1.29 is 0 Å². The van der Waals surface area contributed by atoms with Gasteiger partial charge in [-0.3, -0.25) is 0 Å². The summed E-state index contributed by atoms with van der Waals surface area (Å²) in [6.45, 7) is 0. The zero-order valence-corrected chi connectivity index (χ0v) is 33.6. The van der Waals surface area contributed by atoms with E-state index in [9.17, 15) is 0 Å². The molecule has 4 nitrogen and oxygen atoms in total. The summed E-state index contributed by atoms with van der Waals surface area (Å²) >= 11 is 0. The third-order valence-corrected chi connectivity index (χ3v) is 12.7. The lowest BCUT2D eigenvalue weighted by Crippen LogP contribution is -1.99. The van der Waals surface area contributed by atoms with E-state index >= 15 is 0 Å². The van der Waals surface area contributed by atoms with Gasteiger partial charge in [0, 0.05) is 49.1 Å². The van der Waals surface area contributed by atoms with Gasteiger partial charge in [-0.1, -0.05) is 164 Å². The van der Waals surface area contributed by atoms with Crippen LogP contribution >= 0.6 is 0 Å². The SMILES string of the molecule is c1ccc(-c2ccc(-n3c4cc5c(cc4c4c6ccccc6ccc43)c3ccccc3n5-c3ccc(-c4nc(-c5ccccc5)c5ccccc5n4)c4ccccc34)cc2)cc1. The summed E-state index contributed by atoms with van der Waals surface area (Å²) in [6.07, 6.45) is 0. The minimum atomic E-state index is 0.712. The molecular formula is C58H36N4. The minimum Gasteiger partial charge on any atom is -0.309 e. The molecule has 0 bridgehead atoms. The second kappa shape index (κ2) is 13.6. The van der Waals surface area contributed by atoms with Gasteiger partial charge in [-0.2, -0.15) is 0 Å². The van der Waals surface area contributed by atoms with Gasteiger partial charge in [0.15, 0.2) is 5.82 Å². The Hall–Kier alpha value is -8.34. The van der Waals surface area contributed by atoms with Crippen LogP contribution in [0.5, 0.6) is 0 Å². The average Bonchev–Trinajstić information content (AvgIpc) is 3.85. The molecule has 288 valence electrons. The molecule has 0 amide bonds. The number of rotatable bonds is 5. The van der Waals surface area contributed by atoms with E-state index in [4.69, 9.17) is 9.97 Å². The highest BCUT2D eigenvalue weighted by Crippen LogP contribution is 2.44. The summed E-state index contributed by atoms with van der Waals surface area (Å²) in [5.74, 6) is 0.712. The fraction of sp³-hybridized carbons (Fsp3) is 0. The predicted octanol–water partition coefficient (Wildman–Crippen LogP) is 15.1. The lowest BCUT2D eigenvalue weighted by atomic mass is 10.0. The smallest absolute Gasteiger partial charge is 0.161 e. The standard InChI is InChI=1S/C58H36N4/c1-3-15-37(16-4-1)38-27-30-41(31-28-38)61-53-33-29-39-17-7-8-20-42(39)56(53)49-35-48-45-23-12-14-26-51(45)62(54(48)36-55(49)61)52-34-32-46(43-21-9-10-22-44(43)52)58-59-50-25-13-11-24-47(50)57(60-58)40-18-5-2-6-19-40/h1-36H. The van der Waals surface area contributed by atoms with Crippen molar-refractivity contribution in [2.75, 3.05) is 0 Å². The van der Waals surface area contributed by atoms with Crippen molar-refractivity contribution in [3.05, 3.63) is 218 Å². The first-order chi connectivity index (χ1) is 30.8. The summed E-state index contributed by atoms with van der Waals surface area (Å²) in [7, 11) is 0. The van der Waals surface area contributed by atoms with E-state index < -0.39 is 0 Å². The van der Waals surface area contributed by atoms with Gasteiger partial charge in [0.1, 0.15) is 0 Å². The number of benzene rings is 10. The molecule has 62 heavy (non-hydrogen) atoms. The summed E-state index contributed by atoms with van der Waals surface area (Å²) in [6, 6.07) is 78.6. The van der Waals surface area contributed by atoms with Crippen LogP contribution in [0, 0.1) is 0 Å². The molecule has 0 spiro atoms. The van der Waals surface area contributed by atoms with E-state index in [-0.39, 0.29) is 0 Å². The topological polar surface area (TPSA) is 35.6 Å². The normalized spacial score (nSPS) is 11.9. The summed E-state index contributed by atoms with van der Waals surface area (Å²) < 4.78 is 4.92. The van der Waals surface area contributed by atoms with Gasteiger partial charge in [-0.15, -0.1) is 0 Å². The van der Waals surface area contributed by atoms with E-state index in [2.05, 4.69) is 221 Å². The Morgan fingerprint density at radius 3 is 1.76 bits per heavy atom. The fourth-order valence-electron chi connectivity index (χ4n) is 9.91. The van der Waals surface area contributed by atoms with Crippen LogP contribution < -0.4 is 0 Å². The van der Waals surface area contributed by atoms with E-state index in [1.165, 1.54) is 54.5 Å². The number of fused-ring (bicyclic) bond motifs is 10. The Morgan fingerprint density at radius 1 is 0.323 bits per heavy atom. The zero-order chi connectivity index (χ0) is 40.7.